The van der Waals surface area contributed by atoms with Crippen LogP contribution in [0.3, 0.4) is 0 Å². The molecule has 2 aromatic rings. The van der Waals surface area contributed by atoms with Gasteiger partial charge in [-0.25, -0.2) is 12.8 Å². The third kappa shape index (κ3) is 7.57. The van der Waals surface area contributed by atoms with E-state index in [1.54, 1.807) is 20.8 Å². The Bertz CT molecular complexity index is 1140. The highest BCUT2D eigenvalue weighted by atomic mass is 32.2. The molecule has 2 rings (SSSR count). The van der Waals surface area contributed by atoms with Crippen molar-refractivity contribution in [1.29, 1.82) is 0 Å². The number of carbonyl (C=O) groups is 2. The molecule has 0 aliphatic carbocycles. The third-order valence-corrected chi connectivity index (χ3v) is 6.34. The van der Waals surface area contributed by atoms with E-state index in [0.717, 1.165) is 10.6 Å². The highest BCUT2D eigenvalue weighted by Gasteiger charge is 2.30. The Morgan fingerprint density at radius 1 is 1.00 bits per heavy atom. The van der Waals surface area contributed by atoms with Crippen LogP contribution in [0.2, 0.25) is 0 Å². The summed E-state index contributed by atoms with van der Waals surface area (Å²) in [6.07, 6.45) is 0.982. The standard InChI is InChI=1S/C24H32FN3O6S/c1-16(2)26-24(30)17(3)27(14-18-7-9-19(25)10-8-18)23(29)15-28(35(6,31)32)20-11-12-21(33-4)22(13-20)34-5/h7-13,16-17H,14-15H2,1-6H3,(H,26,30)/t17-/m0/s1. The lowest BCUT2D eigenvalue weighted by Gasteiger charge is -2.32. The van der Waals surface area contributed by atoms with Gasteiger partial charge in [0.15, 0.2) is 11.5 Å². The van der Waals surface area contributed by atoms with Crippen LogP contribution < -0.4 is 19.1 Å². The van der Waals surface area contributed by atoms with E-state index in [9.17, 15) is 22.4 Å². The number of hydrogen-bond acceptors (Lipinski definition) is 6. The van der Waals surface area contributed by atoms with Crippen molar-refractivity contribution in [2.75, 3.05) is 31.3 Å². The first-order valence-electron chi connectivity index (χ1n) is 10.9. The SMILES string of the molecule is COc1ccc(N(CC(=O)N(Cc2ccc(F)cc2)[C@@H](C)C(=O)NC(C)C)S(C)(=O)=O)cc1OC. The molecule has 35 heavy (non-hydrogen) atoms. The number of carbonyl (C=O) groups excluding carboxylic acids is 2. The lowest BCUT2D eigenvalue weighted by molar-refractivity contribution is -0.139. The largest absolute Gasteiger partial charge is 0.493 e. The number of amides is 2. The second-order valence-electron chi connectivity index (χ2n) is 8.30. The first kappa shape index (κ1) is 27.9. The molecule has 0 heterocycles. The molecule has 11 heteroatoms. The Morgan fingerprint density at radius 2 is 1.60 bits per heavy atom. The third-order valence-electron chi connectivity index (χ3n) is 5.20. The number of ether oxygens (including phenoxy) is 2. The number of benzene rings is 2. The molecule has 192 valence electrons. The van der Waals surface area contributed by atoms with Crippen LogP contribution in [-0.2, 0) is 26.2 Å². The quantitative estimate of drug-likeness (QED) is 0.499. The van der Waals surface area contributed by atoms with E-state index < -0.39 is 40.2 Å². The summed E-state index contributed by atoms with van der Waals surface area (Å²) in [5, 5.41) is 2.76. The van der Waals surface area contributed by atoms with Crippen LogP contribution >= 0.6 is 0 Å². The zero-order valence-electron chi connectivity index (χ0n) is 20.7. The number of nitrogens with zero attached hydrogens (tertiary/aromatic N) is 2. The molecule has 0 spiro atoms. The average molecular weight is 510 g/mol. The Balaban J connectivity index is 2.43. The molecular formula is C24H32FN3O6S. The molecule has 0 aliphatic rings. The van der Waals surface area contributed by atoms with Crippen molar-refractivity contribution < 1.29 is 31.9 Å². The molecule has 1 atom stereocenters. The molecule has 0 bridgehead atoms. The second-order valence-corrected chi connectivity index (χ2v) is 10.2. The number of sulfonamides is 1. The van der Waals surface area contributed by atoms with Crippen molar-refractivity contribution >= 4 is 27.5 Å². The molecule has 0 radical (unpaired) electrons. The fraction of sp³-hybridized carbons (Fsp3) is 0.417. The highest BCUT2D eigenvalue weighted by Crippen LogP contribution is 2.32. The first-order valence-corrected chi connectivity index (χ1v) is 12.8. The number of anilines is 1. The van der Waals surface area contributed by atoms with E-state index in [4.69, 9.17) is 9.47 Å². The predicted octanol–water partition coefficient (Wildman–Crippen LogP) is 2.55. The fourth-order valence-corrected chi connectivity index (χ4v) is 4.21. The first-order chi connectivity index (χ1) is 16.4. The van der Waals surface area contributed by atoms with Crippen LogP contribution in [0.5, 0.6) is 11.5 Å². The maximum atomic E-state index is 13.5. The van der Waals surface area contributed by atoms with Crippen LogP contribution in [0.1, 0.15) is 26.3 Å². The Labute approximate surface area is 205 Å². The van der Waals surface area contributed by atoms with Crippen molar-refractivity contribution in [3.63, 3.8) is 0 Å². The van der Waals surface area contributed by atoms with E-state index in [0.29, 0.717) is 17.1 Å². The van der Waals surface area contributed by atoms with Gasteiger partial charge in [0.1, 0.15) is 18.4 Å². The summed E-state index contributed by atoms with van der Waals surface area (Å²) < 4.78 is 50.1. The van der Waals surface area contributed by atoms with Crippen molar-refractivity contribution in [3.05, 3.63) is 53.8 Å². The molecule has 2 aromatic carbocycles. The second kappa shape index (κ2) is 11.9. The average Bonchev–Trinajstić information content (AvgIpc) is 2.79. The van der Waals surface area contributed by atoms with Crippen LogP contribution in [-0.4, -0.2) is 64.2 Å². The zero-order chi connectivity index (χ0) is 26.3. The summed E-state index contributed by atoms with van der Waals surface area (Å²) in [5.41, 5.74) is 0.778. The van der Waals surface area contributed by atoms with Gasteiger partial charge in [0.2, 0.25) is 21.8 Å². The molecular weight excluding hydrogens is 477 g/mol. The van der Waals surface area contributed by atoms with Crippen molar-refractivity contribution in [1.82, 2.24) is 10.2 Å². The van der Waals surface area contributed by atoms with E-state index in [-0.39, 0.29) is 18.3 Å². The van der Waals surface area contributed by atoms with Gasteiger partial charge in [0, 0.05) is 18.7 Å². The van der Waals surface area contributed by atoms with Crippen molar-refractivity contribution in [2.24, 2.45) is 0 Å². The zero-order valence-corrected chi connectivity index (χ0v) is 21.6. The smallest absolute Gasteiger partial charge is 0.244 e. The van der Waals surface area contributed by atoms with E-state index >= 15 is 0 Å². The topological polar surface area (TPSA) is 105 Å². The molecule has 0 aliphatic heterocycles. The van der Waals surface area contributed by atoms with Crippen LogP contribution in [0, 0.1) is 5.82 Å². The number of rotatable bonds is 11. The molecule has 2 amide bonds. The monoisotopic (exact) mass is 509 g/mol. The molecule has 0 saturated carbocycles. The fourth-order valence-electron chi connectivity index (χ4n) is 3.37. The summed E-state index contributed by atoms with van der Waals surface area (Å²) in [4.78, 5) is 27.5. The Hall–Kier alpha value is -3.34. The maximum absolute atomic E-state index is 13.5. The molecule has 0 unspecified atom stereocenters. The number of halogens is 1. The van der Waals surface area contributed by atoms with Crippen LogP contribution in [0.4, 0.5) is 10.1 Å². The van der Waals surface area contributed by atoms with E-state index in [2.05, 4.69) is 5.32 Å². The summed E-state index contributed by atoms with van der Waals surface area (Å²) in [7, 11) is -1.03. The van der Waals surface area contributed by atoms with E-state index in [1.165, 1.54) is 61.6 Å². The lowest BCUT2D eigenvalue weighted by atomic mass is 10.1. The van der Waals surface area contributed by atoms with Gasteiger partial charge in [-0.3, -0.25) is 13.9 Å². The highest BCUT2D eigenvalue weighted by molar-refractivity contribution is 7.92. The number of hydrogen-bond donors (Lipinski definition) is 1. The van der Waals surface area contributed by atoms with Gasteiger partial charge in [-0.2, -0.15) is 0 Å². The van der Waals surface area contributed by atoms with Gasteiger partial charge < -0.3 is 19.7 Å². The van der Waals surface area contributed by atoms with Crippen molar-refractivity contribution in [3.8, 4) is 11.5 Å². The lowest BCUT2D eigenvalue weighted by Crippen LogP contribution is -2.52. The van der Waals surface area contributed by atoms with Gasteiger partial charge in [-0.15, -0.1) is 0 Å². The molecule has 9 nitrogen and oxygen atoms in total. The summed E-state index contributed by atoms with van der Waals surface area (Å²) in [6.45, 7) is 4.56. The normalized spacial score (nSPS) is 12.1. The minimum atomic E-state index is -3.90. The number of methoxy groups -OCH3 is 2. The Morgan fingerprint density at radius 3 is 2.11 bits per heavy atom. The molecule has 0 saturated heterocycles. The van der Waals surface area contributed by atoms with Crippen molar-refractivity contribution in [2.45, 2.75) is 39.4 Å². The van der Waals surface area contributed by atoms with Crippen LogP contribution in [0.15, 0.2) is 42.5 Å². The number of nitrogens with one attached hydrogen (secondary N) is 1. The van der Waals surface area contributed by atoms with Gasteiger partial charge in [-0.05, 0) is 50.6 Å². The Kier molecular flexibility index (Phi) is 9.47. The summed E-state index contributed by atoms with van der Waals surface area (Å²) in [5.74, 6) is -0.755. The molecule has 0 aromatic heterocycles. The van der Waals surface area contributed by atoms with E-state index in [1.807, 2.05) is 0 Å². The molecule has 1 N–H and O–H groups in total. The maximum Gasteiger partial charge on any atom is 0.244 e. The van der Waals surface area contributed by atoms with Gasteiger partial charge in [0.05, 0.1) is 26.2 Å². The summed E-state index contributed by atoms with van der Waals surface area (Å²) >= 11 is 0. The van der Waals surface area contributed by atoms with Gasteiger partial charge in [0.25, 0.3) is 0 Å². The predicted molar refractivity (Wildman–Crippen MR) is 131 cm³/mol. The van der Waals surface area contributed by atoms with Gasteiger partial charge in [-0.1, -0.05) is 12.1 Å². The minimum Gasteiger partial charge on any atom is -0.493 e. The van der Waals surface area contributed by atoms with Crippen LogP contribution in [0.25, 0.3) is 0 Å². The van der Waals surface area contributed by atoms with Gasteiger partial charge >= 0.3 is 0 Å². The minimum absolute atomic E-state index is 0.0185. The summed E-state index contributed by atoms with van der Waals surface area (Å²) in [6, 6.07) is 8.92. The molecule has 0 fully saturated rings.